The van der Waals surface area contributed by atoms with Gasteiger partial charge in [0.25, 0.3) is 0 Å². The van der Waals surface area contributed by atoms with E-state index in [4.69, 9.17) is 22.1 Å². The fourth-order valence-electron chi connectivity index (χ4n) is 2.62. The van der Waals surface area contributed by atoms with Crippen molar-refractivity contribution < 1.29 is 14.2 Å². The second-order valence-electron chi connectivity index (χ2n) is 5.06. The molecule has 0 aliphatic carbocycles. The van der Waals surface area contributed by atoms with Crippen molar-refractivity contribution in [2.45, 2.75) is 18.9 Å². The van der Waals surface area contributed by atoms with Crippen LogP contribution in [0.1, 0.15) is 12.0 Å². The second-order valence-corrected chi connectivity index (χ2v) is 5.46. The van der Waals surface area contributed by atoms with Crippen LogP contribution in [0, 0.1) is 5.82 Å². The minimum atomic E-state index is -0.668. The Morgan fingerprint density at radius 2 is 2.10 bits per heavy atom. The summed E-state index contributed by atoms with van der Waals surface area (Å²) in [5.74, 6) is -0.543. The van der Waals surface area contributed by atoms with Gasteiger partial charge < -0.3 is 15.6 Å². The first-order valence-corrected chi connectivity index (χ1v) is 7.15. The molecule has 0 bridgehead atoms. The summed E-state index contributed by atoms with van der Waals surface area (Å²) in [6.45, 7) is 0.375. The smallest absolute Gasteiger partial charge is 0.165 e. The molecule has 1 aliphatic heterocycles. The number of hydrogen-bond donors (Lipinski definition) is 2. The van der Waals surface area contributed by atoms with Crippen LogP contribution in [0.25, 0.3) is 11.1 Å². The van der Waals surface area contributed by atoms with Crippen LogP contribution in [-0.4, -0.2) is 17.8 Å². The molecule has 0 unspecified atom stereocenters. The van der Waals surface area contributed by atoms with Crippen molar-refractivity contribution in [3.63, 3.8) is 0 Å². The van der Waals surface area contributed by atoms with Crippen molar-refractivity contribution in [3.05, 3.63) is 46.7 Å². The Hall–Kier alpha value is -1.78. The van der Waals surface area contributed by atoms with Crippen molar-refractivity contribution in [2.75, 3.05) is 6.54 Å². The average Bonchev–Trinajstić information content (AvgIpc) is 2.51. The Bertz CT molecular complexity index is 690. The molecule has 0 spiro atoms. The predicted octanol–water partition coefficient (Wildman–Crippen LogP) is 3.50. The van der Waals surface area contributed by atoms with Crippen molar-refractivity contribution in [3.8, 4) is 22.6 Å². The molecule has 5 heteroatoms. The second kappa shape index (κ2) is 5.54. The summed E-state index contributed by atoms with van der Waals surface area (Å²) in [5.41, 5.74) is 7.36. The molecule has 1 aliphatic rings. The normalized spacial score (nSPS) is 17.2. The largest absolute Gasteiger partial charge is 0.505 e. The molecule has 3 nitrogen and oxygen atoms in total. The van der Waals surface area contributed by atoms with E-state index < -0.39 is 5.82 Å². The quantitative estimate of drug-likeness (QED) is 0.893. The molecule has 1 atom stereocenters. The maximum atomic E-state index is 14.0. The number of nitrogens with two attached hydrogens (primary N) is 1. The number of phenols is 1. The standard InChI is InChI=1S/C16H15ClFNO2/c17-13-4-2-1-3-10(13)12-7-14(18)15(20)11-6-5-9(8-19)21-16(11)12/h1-4,7,9,20H,5-6,8,19H2/t9-/m1/s1. The lowest BCUT2D eigenvalue weighted by atomic mass is 9.94. The molecule has 3 rings (SSSR count). The minimum absolute atomic E-state index is 0.136. The van der Waals surface area contributed by atoms with E-state index in [1.165, 1.54) is 6.07 Å². The number of ether oxygens (including phenoxy) is 1. The van der Waals surface area contributed by atoms with Crippen LogP contribution < -0.4 is 10.5 Å². The van der Waals surface area contributed by atoms with E-state index in [9.17, 15) is 9.50 Å². The summed E-state index contributed by atoms with van der Waals surface area (Å²) in [6, 6.07) is 8.41. The highest BCUT2D eigenvalue weighted by molar-refractivity contribution is 6.33. The molecule has 2 aromatic rings. The predicted molar refractivity (Wildman–Crippen MR) is 80.3 cm³/mol. The Morgan fingerprint density at radius 3 is 2.81 bits per heavy atom. The summed E-state index contributed by atoms with van der Waals surface area (Å²) in [5, 5.41) is 10.4. The number of phenolic OH excluding ortho intramolecular Hbond substituents is 1. The monoisotopic (exact) mass is 307 g/mol. The molecular weight excluding hydrogens is 293 g/mol. The first-order chi connectivity index (χ1) is 10.1. The zero-order valence-corrected chi connectivity index (χ0v) is 12.0. The molecule has 2 aromatic carbocycles. The molecule has 3 N–H and O–H groups in total. The fraction of sp³-hybridized carbons (Fsp3) is 0.250. The first kappa shape index (κ1) is 14.2. The Kier molecular flexibility index (Phi) is 3.74. The van der Waals surface area contributed by atoms with Gasteiger partial charge in [-0.15, -0.1) is 0 Å². The van der Waals surface area contributed by atoms with Gasteiger partial charge in [0.1, 0.15) is 11.9 Å². The third-order valence-electron chi connectivity index (χ3n) is 3.73. The lowest BCUT2D eigenvalue weighted by Crippen LogP contribution is -2.30. The molecule has 0 saturated carbocycles. The molecule has 0 saturated heterocycles. The van der Waals surface area contributed by atoms with Crippen LogP contribution in [0.5, 0.6) is 11.5 Å². The zero-order chi connectivity index (χ0) is 15.0. The third-order valence-corrected chi connectivity index (χ3v) is 4.06. The first-order valence-electron chi connectivity index (χ1n) is 6.77. The summed E-state index contributed by atoms with van der Waals surface area (Å²) >= 11 is 6.20. The number of fused-ring (bicyclic) bond motifs is 1. The highest BCUT2D eigenvalue weighted by Crippen LogP contribution is 2.45. The summed E-state index contributed by atoms with van der Waals surface area (Å²) in [7, 11) is 0. The van der Waals surface area contributed by atoms with Gasteiger partial charge in [0.2, 0.25) is 0 Å². The van der Waals surface area contributed by atoms with E-state index in [1.807, 2.05) is 6.07 Å². The molecule has 0 amide bonds. The third kappa shape index (κ3) is 2.45. The molecule has 0 radical (unpaired) electrons. The van der Waals surface area contributed by atoms with Crippen molar-refractivity contribution in [2.24, 2.45) is 5.73 Å². The Balaban J connectivity index is 2.22. The van der Waals surface area contributed by atoms with Gasteiger partial charge in [0.05, 0.1) is 0 Å². The molecule has 0 fully saturated rings. The fourth-order valence-corrected chi connectivity index (χ4v) is 2.86. The topological polar surface area (TPSA) is 55.5 Å². The van der Waals surface area contributed by atoms with E-state index >= 15 is 0 Å². The number of aromatic hydroxyl groups is 1. The van der Waals surface area contributed by atoms with Crippen LogP contribution in [0.3, 0.4) is 0 Å². The van der Waals surface area contributed by atoms with E-state index in [-0.39, 0.29) is 11.9 Å². The Morgan fingerprint density at radius 1 is 1.33 bits per heavy atom. The van der Waals surface area contributed by atoms with Gasteiger partial charge in [-0.1, -0.05) is 29.8 Å². The van der Waals surface area contributed by atoms with Crippen LogP contribution in [0.4, 0.5) is 4.39 Å². The number of rotatable bonds is 2. The maximum absolute atomic E-state index is 14.0. The van der Waals surface area contributed by atoms with Crippen LogP contribution >= 0.6 is 11.6 Å². The van der Waals surface area contributed by atoms with Gasteiger partial charge in [-0.2, -0.15) is 0 Å². The van der Waals surface area contributed by atoms with E-state index in [2.05, 4.69) is 0 Å². The highest BCUT2D eigenvalue weighted by atomic mass is 35.5. The summed E-state index contributed by atoms with van der Waals surface area (Å²) < 4.78 is 19.8. The van der Waals surface area contributed by atoms with E-state index in [0.717, 1.165) is 0 Å². The van der Waals surface area contributed by atoms with Gasteiger partial charge in [-0.3, -0.25) is 0 Å². The van der Waals surface area contributed by atoms with Crippen LogP contribution in [0.15, 0.2) is 30.3 Å². The van der Waals surface area contributed by atoms with Gasteiger partial charge in [0, 0.05) is 28.3 Å². The molecule has 21 heavy (non-hydrogen) atoms. The molecular formula is C16H15ClFNO2. The van der Waals surface area contributed by atoms with Crippen molar-refractivity contribution in [1.29, 1.82) is 0 Å². The molecule has 110 valence electrons. The summed E-state index contributed by atoms with van der Waals surface area (Å²) in [4.78, 5) is 0. The van der Waals surface area contributed by atoms with Gasteiger partial charge >= 0.3 is 0 Å². The van der Waals surface area contributed by atoms with Crippen LogP contribution in [0.2, 0.25) is 5.02 Å². The lowest BCUT2D eigenvalue weighted by molar-refractivity contribution is 0.179. The Labute approximate surface area is 127 Å². The molecule has 1 heterocycles. The van der Waals surface area contributed by atoms with Gasteiger partial charge in [0.15, 0.2) is 11.6 Å². The van der Waals surface area contributed by atoms with E-state index in [1.54, 1.807) is 18.2 Å². The van der Waals surface area contributed by atoms with Crippen molar-refractivity contribution in [1.82, 2.24) is 0 Å². The minimum Gasteiger partial charge on any atom is -0.505 e. The molecule has 0 aromatic heterocycles. The van der Waals surface area contributed by atoms with Gasteiger partial charge in [-0.25, -0.2) is 4.39 Å². The van der Waals surface area contributed by atoms with Crippen LogP contribution in [-0.2, 0) is 6.42 Å². The summed E-state index contributed by atoms with van der Waals surface area (Å²) in [6.07, 6.45) is 1.05. The zero-order valence-electron chi connectivity index (χ0n) is 11.3. The number of hydrogen-bond acceptors (Lipinski definition) is 3. The van der Waals surface area contributed by atoms with E-state index in [0.29, 0.717) is 46.8 Å². The lowest BCUT2D eigenvalue weighted by Gasteiger charge is -2.28. The van der Waals surface area contributed by atoms with Gasteiger partial charge in [-0.05, 0) is 25.0 Å². The highest BCUT2D eigenvalue weighted by Gasteiger charge is 2.27. The number of benzene rings is 2. The SMILES string of the molecule is NC[C@H]1CCc2c(O)c(F)cc(-c3ccccc3Cl)c2O1. The average molecular weight is 308 g/mol. The maximum Gasteiger partial charge on any atom is 0.165 e. The number of halogens is 2. The van der Waals surface area contributed by atoms with Crippen molar-refractivity contribution >= 4 is 11.6 Å².